The molecule has 0 aliphatic heterocycles. The van der Waals surface area contributed by atoms with E-state index in [1.807, 2.05) is 18.4 Å². The highest BCUT2D eigenvalue weighted by Gasteiger charge is 2.23. The van der Waals surface area contributed by atoms with Crippen LogP contribution in [0.25, 0.3) is 11.2 Å². The highest BCUT2D eigenvalue weighted by Crippen LogP contribution is 2.16. The average molecular weight is 561 g/mol. The molecule has 2 heterocycles. The number of nitrogens with zero attached hydrogens (tertiary/aromatic N) is 4. The number of unbranched alkanes of at least 4 members (excludes halogenated alkanes) is 10. The van der Waals surface area contributed by atoms with Crippen LogP contribution in [0.15, 0.2) is 12.5 Å². The van der Waals surface area contributed by atoms with Gasteiger partial charge in [-0.1, -0.05) is 91.4 Å². The molecule has 0 saturated heterocycles. The Bertz CT molecular complexity index is 998. The number of rotatable bonds is 22. The number of carbonyl (C=O) groups excluding carboxylic acids is 2. The zero-order valence-electron chi connectivity index (χ0n) is 25.0. The third-order valence-electron chi connectivity index (χ3n) is 7.61. The molecule has 0 amide bonds. The van der Waals surface area contributed by atoms with Crippen molar-refractivity contribution in [3.63, 3.8) is 0 Å². The number of carbonyl (C=O) groups is 2. The number of fused-ring (bicyclic) bond motifs is 1. The molecule has 40 heavy (non-hydrogen) atoms. The first-order chi connectivity index (χ1) is 19.3. The standard InChI is InChI=1S/C30H52N6O4/c1-4-6-7-8-9-10-11-12-13-14-15-16-26(37)39-20-24(21-40-29(38)27(31)23(3)5-2)17-18-36-22-34-25-19-33-30(32)35-28(25)36/h19,22-24,27H,4-18,20-21,31H2,1-3H3,(H2,32,33,35)/t23-,24?,27-/m0/s1. The molecule has 10 heteroatoms. The van der Waals surface area contributed by atoms with E-state index in [-0.39, 0.29) is 37.0 Å². The van der Waals surface area contributed by atoms with E-state index in [4.69, 9.17) is 20.9 Å². The summed E-state index contributed by atoms with van der Waals surface area (Å²) in [7, 11) is 0. The summed E-state index contributed by atoms with van der Waals surface area (Å²) in [5.74, 6) is -0.629. The molecule has 4 N–H and O–H groups in total. The Labute approximate surface area is 240 Å². The van der Waals surface area contributed by atoms with E-state index in [9.17, 15) is 9.59 Å². The fourth-order valence-electron chi connectivity index (χ4n) is 4.57. The van der Waals surface area contributed by atoms with Gasteiger partial charge in [-0.05, 0) is 18.8 Å². The molecule has 1 unspecified atom stereocenters. The van der Waals surface area contributed by atoms with E-state index >= 15 is 0 Å². The number of anilines is 1. The molecule has 226 valence electrons. The lowest BCUT2D eigenvalue weighted by molar-refractivity contribution is -0.151. The van der Waals surface area contributed by atoms with Gasteiger partial charge in [-0.15, -0.1) is 0 Å². The number of ether oxygens (including phenoxy) is 2. The van der Waals surface area contributed by atoms with Crippen molar-refractivity contribution in [2.24, 2.45) is 17.6 Å². The largest absolute Gasteiger partial charge is 0.465 e. The smallest absolute Gasteiger partial charge is 0.323 e. The summed E-state index contributed by atoms with van der Waals surface area (Å²) in [5, 5.41) is 0. The lowest BCUT2D eigenvalue weighted by atomic mass is 10.0. The Kier molecular flexibility index (Phi) is 16.2. The van der Waals surface area contributed by atoms with Gasteiger partial charge in [0.25, 0.3) is 0 Å². The number of esters is 2. The van der Waals surface area contributed by atoms with E-state index in [0.717, 1.165) is 25.7 Å². The van der Waals surface area contributed by atoms with E-state index in [1.165, 1.54) is 51.4 Å². The minimum absolute atomic E-state index is 0.0250. The second kappa shape index (κ2) is 19.3. The summed E-state index contributed by atoms with van der Waals surface area (Å²) in [6.07, 6.45) is 18.6. The minimum Gasteiger partial charge on any atom is -0.465 e. The monoisotopic (exact) mass is 560 g/mol. The van der Waals surface area contributed by atoms with Crippen molar-refractivity contribution >= 4 is 29.1 Å². The molecule has 2 aromatic rings. The molecule has 0 aliphatic carbocycles. The van der Waals surface area contributed by atoms with Gasteiger partial charge in [-0.2, -0.15) is 4.98 Å². The first-order valence-corrected chi connectivity index (χ1v) is 15.4. The van der Waals surface area contributed by atoms with Crippen molar-refractivity contribution in [2.45, 2.75) is 123 Å². The lowest BCUT2D eigenvalue weighted by Crippen LogP contribution is -2.39. The van der Waals surface area contributed by atoms with Crippen LogP contribution < -0.4 is 11.5 Å². The Hall–Kier alpha value is -2.75. The first-order valence-electron chi connectivity index (χ1n) is 15.4. The van der Waals surface area contributed by atoms with Gasteiger partial charge in [-0.3, -0.25) is 9.59 Å². The van der Waals surface area contributed by atoms with Crippen LogP contribution in [-0.4, -0.2) is 50.7 Å². The molecule has 0 bridgehead atoms. The SMILES string of the molecule is CCCCCCCCCCCCCC(=O)OCC(CCn1cnc2cnc(N)nc21)COC(=O)[C@@H](N)[C@@H](C)CC. The summed E-state index contributed by atoms with van der Waals surface area (Å²) in [4.78, 5) is 37.5. The molecule has 0 fully saturated rings. The summed E-state index contributed by atoms with van der Waals surface area (Å²) in [6, 6.07) is -0.675. The van der Waals surface area contributed by atoms with E-state index < -0.39 is 12.0 Å². The molecule has 0 spiro atoms. The second-order valence-electron chi connectivity index (χ2n) is 11.0. The topological polar surface area (TPSA) is 148 Å². The summed E-state index contributed by atoms with van der Waals surface area (Å²) in [6.45, 7) is 7.00. The van der Waals surface area contributed by atoms with Crippen LogP contribution >= 0.6 is 0 Å². The molecular formula is C30H52N6O4. The minimum atomic E-state index is -0.675. The highest BCUT2D eigenvalue weighted by atomic mass is 16.5. The number of nitrogens with two attached hydrogens (primary N) is 2. The third-order valence-corrected chi connectivity index (χ3v) is 7.61. The maximum atomic E-state index is 12.5. The van der Waals surface area contributed by atoms with Gasteiger partial charge in [0.15, 0.2) is 5.65 Å². The molecule has 2 rings (SSSR count). The number of hydrogen-bond acceptors (Lipinski definition) is 9. The van der Waals surface area contributed by atoms with Crippen LogP contribution in [0.3, 0.4) is 0 Å². The van der Waals surface area contributed by atoms with Crippen LogP contribution in [0.4, 0.5) is 5.95 Å². The van der Waals surface area contributed by atoms with Crippen molar-refractivity contribution in [2.75, 3.05) is 18.9 Å². The lowest BCUT2D eigenvalue weighted by Gasteiger charge is -2.21. The Balaban J connectivity index is 1.76. The Morgan fingerprint density at radius 1 is 0.925 bits per heavy atom. The Morgan fingerprint density at radius 2 is 1.55 bits per heavy atom. The van der Waals surface area contributed by atoms with E-state index in [0.29, 0.717) is 30.6 Å². The van der Waals surface area contributed by atoms with Gasteiger partial charge in [0.1, 0.15) is 11.6 Å². The molecule has 0 saturated carbocycles. The second-order valence-corrected chi connectivity index (χ2v) is 11.0. The van der Waals surface area contributed by atoms with Crippen LogP contribution in [0.5, 0.6) is 0 Å². The summed E-state index contributed by atoms with van der Waals surface area (Å²) < 4.78 is 13.0. The maximum absolute atomic E-state index is 12.5. The summed E-state index contributed by atoms with van der Waals surface area (Å²) in [5.41, 5.74) is 13.1. The quantitative estimate of drug-likeness (QED) is 0.139. The molecule has 2 aromatic heterocycles. The normalized spacial score (nSPS) is 13.7. The van der Waals surface area contributed by atoms with Crippen LogP contribution in [0, 0.1) is 11.8 Å². The van der Waals surface area contributed by atoms with Crippen molar-refractivity contribution in [3.05, 3.63) is 12.5 Å². The van der Waals surface area contributed by atoms with Gasteiger partial charge in [-0.25, -0.2) is 9.97 Å². The zero-order chi connectivity index (χ0) is 29.2. The predicted molar refractivity (Wildman–Crippen MR) is 158 cm³/mol. The molecule has 0 aliphatic rings. The van der Waals surface area contributed by atoms with Gasteiger partial charge < -0.3 is 25.5 Å². The van der Waals surface area contributed by atoms with Gasteiger partial charge in [0, 0.05) is 18.9 Å². The number of hydrogen-bond donors (Lipinski definition) is 2. The number of aromatic nitrogens is 4. The van der Waals surface area contributed by atoms with E-state index in [2.05, 4.69) is 21.9 Å². The van der Waals surface area contributed by atoms with Crippen LogP contribution in [0.1, 0.15) is 111 Å². The average Bonchev–Trinajstić information content (AvgIpc) is 3.36. The molecule has 0 aromatic carbocycles. The maximum Gasteiger partial charge on any atom is 0.323 e. The number of nitrogen functional groups attached to an aromatic ring is 1. The van der Waals surface area contributed by atoms with Crippen LogP contribution in [-0.2, 0) is 25.6 Å². The molecule has 3 atom stereocenters. The van der Waals surface area contributed by atoms with Gasteiger partial charge in [0.2, 0.25) is 5.95 Å². The van der Waals surface area contributed by atoms with E-state index in [1.54, 1.807) is 12.5 Å². The van der Waals surface area contributed by atoms with Crippen molar-refractivity contribution in [3.8, 4) is 0 Å². The fourth-order valence-corrected chi connectivity index (χ4v) is 4.57. The predicted octanol–water partition coefficient (Wildman–Crippen LogP) is 5.58. The molecular weight excluding hydrogens is 508 g/mol. The van der Waals surface area contributed by atoms with Crippen molar-refractivity contribution in [1.29, 1.82) is 0 Å². The van der Waals surface area contributed by atoms with Gasteiger partial charge >= 0.3 is 11.9 Å². The highest BCUT2D eigenvalue weighted by molar-refractivity contribution is 5.75. The number of imidazole rings is 1. The zero-order valence-corrected chi connectivity index (χ0v) is 25.0. The van der Waals surface area contributed by atoms with Gasteiger partial charge in [0.05, 0.1) is 25.7 Å². The Morgan fingerprint density at radius 3 is 2.20 bits per heavy atom. The van der Waals surface area contributed by atoms with Crippen molar-refractivity contribution in [1.82, 2.24) is 19.5 Å². The van der Waals surface area contributed by atoms with Crippen LogP contribution in [0.2, 0.25) is 0 Å². The summed E-state index contributed by atoms with van der Waals surface area (Å²) >= 11 is 0. The fraction of sp³-hybridized carbons (Fsp3) is 0.767. The third kappa shape index (κ3) is 12.6. The molecule has 10 nitrogen and oxygen atoms in total. The number of aryl methyl sites for hydroxylation is 1. The first kappa shape index (κ1) is 33.5. The van der Waals surface area contributed by atoms with Crippen molar-refractivity contribution < 1.29 is 19.1 Å². The molecule has 0 radical (unpaired) electrons.